The zero-order valence-corrected chi connectivity index (χ0v) is 10.2. The SMILES string of the molecule is Fc1ccc(Oc2ccc(Cl)nn2)cc1Br. The second-order valence-electron chi connectivity index (χ2n) is 2.87. The summed E-state index contributed by atoms with van der Waals surface area (Å²) in [4.78, 5) is 0. The average molecular weight is 304 g/mol. The Labute approximate surface area is 104 Å². The summed E-state index contributed by atoms with van der Waals surface area (Å²) in [6.45, 7) is 0. The quantitative estimate of drug-likeness (QED) is 0.846. The van der Waals surface area contributed by atoms with Crippen molar-refractivity contribution in [2.24, 2.45) is 0 Å². The molecule has 1 aromatic heterocycles. The molecular formula is C10H5BrClFN2O. The zero-order chi connectivity index (χ0) is 11.5. The lowest BCUT2D eigenvalue weighted by molar-refractivity contribution is 0.453. The largest absolute Gasteiger partial charge is 0.437 e. The molecule has 0 bridgehead atoms. The van der Waals surface area contributed by atoms with E-state index in [1.165, 1.54) is 18.2 Å². The summed E-state index contributed by atoms with van der Waals surface area (Å²) in [6, 6.07) is 7.43. The van der Waals surface area contributed by atoms with Crippen LogP contribution >= 0.6 is 27.5 Å². The van der Waals surface area contributed by atoms with Crippen molar-refractivity contribution in [2.45, 2.75) is 0 Å². The van der Waals surface area contributed by atoms with Gasteiger partial charge >= 0.3 is 0 Å². The first-order valence-electron chi connectivity index (χ1n) is 4.27. The Morgan fingerprint density at radius 2 is 2.00 bits per heavy atom. The molecule has 0 atom stereocenters. The van der Waals surface area contributed by atoms with Gasteiger partial charge in [-0.15, -0.1) is 10.2 Å². The number of aromatic nitrogens is 2. The summed E-state index contributed by atoms with van der Waals surface area (Å²) in [5, 5.41) is 7.62. The van der Waals surface area contributed by atoms with Crippen molar-refractivity contribution in [3.05, 3.63) is 45.8 Å². The summed E-state index contributed by atoms with van der Waals surface area (Å²) in [6.07, 6.45) is 0. The number of ether oxygens (including phenoxy) is 1. The van der Waals surface area contributed by atoms with E-state index < -0.39 is 0 Å². The van der Waals surface area contributed by atoms with Crippen molar-refractivity contribution in [2.75, 3.05) is 0 Å². The van der Waals surface area contributed by atoms with Gasteiger partial charge in [0.05, 0.1) is 4.47 Å². The molecule has 0 aliphatic heterocycles. The lowest BCUT2D eigenvalue weighted by atomic mass is 10.3. The van der Waals surface area contributed by atoms with Gasteiger partial charge < -0.3 is 4.74 Å². The van der Waals surface area contributed by atoms with Crippen molar-refractivity contribution in [1.29, 1.82) is 0 Å². The Kier molecular flexibility index (Phi) is 3.36. The van der Waals surface area contributed by atoms with E-state index in [0.29, 0.717) is 16.1 Å². The molecule has 0 amide bonds. The number of rotatable bonds is 2. The van der Waals surface area contributed by atoms with Crippen LogP contribution in [0.3, 0.4) is 0 Å². The molecule has 0 saturated carbocycles. The first-order chi connectivity index (χ1) is 7.65. The van der Waals surface area contributed by atoms with Crippen LogP contribution in [0.2, 0.25) is 5.15 Å². The predicted molar refractivity (Wildman–Crippen MR) is 61.2 cm³/mol. The maximum atomic E-state index is 12.9. The fraction of sp³-hybridized carbons (Fsp3) is 0. The van der Waals surface area contributed by atoms with Gasteiger partial charge in [0, 0.05) is 6.07 Å². The number of halogens is 3. The maximum absolute atomic E-state index is 12.9. The molecule has 0 spiro atoms. The molecule has 0 N–H and O–H groups in total. The molecule has 82 valence electrons. The average Bonchev–Trinajstić information content (AvgIpc) is 2.27. The molecule has 2 rings (SSSR count). The normalized spacial score (nSPS) is 10.2. The zero-order valence-electron chi connectivity index (χ0n) is 7.82. The van der Waals surface area contributed by atoms with Crippen LogP contribution in [0, 0.1) is 5.82 Å². The Morgan fingerprint density at radius 1 is 1.19 bits per heavy atom. The van der Waals surface area contributed by atoms with Gasteiger partial charge in [-0.1, -0.05) is 11.6 Å². The van der Waals surface area contributed by atoms with E-state index in [9.17, 15) is 4.39 Å². The standard InChI is InChI=1S/C10H5BrClFN2O/c11-7-5-6(1-2-8(7)13)16-10-4-3-9(12)14-15-10/h1-5H. The fourth-order valence-electron chi connectivity index (χ4n) is 1.02. The number of benzene rings is 1. The van der Waals surface area contributed by atoms with Gasteiger partial charge in [0.25, 0.3) is 0 Å². The molecule has 0 saturated heterocycles. The Balaban J connectivity index is 2.20. The smallest absolute Gasteiger partial charge is 0.238 e. The minimum atomic E-state index is -0.352. The van der Waals surface area contributed by atoms with Crippen LogP contribution in [0.5, 0.6) is 11.6 Å². The van der Waals surface area contributed by atoms with Gasteiger partial charge in [-0.25, -0.2) is 4.39 Å². The Morgan fingerprint density at radius 3 is 2.62 bits per heavy atom. The summed E-state index contributed by atoms with van der Waals surface area (Å²) in [5.41, 5.74) is 0. The minimum absolute atomic E-state index is 0.285. The monoisotopic (exact) mass is 302 g/mol. The molecule has 0 fully saturated rings. The second kappa shape index (κ2) is 4.76. The van der Waals surface area contributed by atoms with Crippen LogP contribution in [-0.2, 0) is 0 Å². The van der Waals surface area contributed by atoms with Crippen LogP contribution < -0.4 is 4.74 Å². The third-order valence-electron chi connectivity index (χ3n) is 1.72. The van der Waals surface area contributed by atoms with Crippen molar-refractivity contribution >= 4 is 27.5 Å². The van der Waals surface area contributed by atoms with Gasteiger partial charge in [0.2, 0.25) is 5.88 Å². The molecule has 0 radical (unpaired) electrons. The van der Waals surface area contributed by atoms with Crippen molar-refractivity contribution in [3.8, 4) is 11.6 Å². The van der Waals surface area contributed by atoms with Gasteiger partial charge in [0.1, 0.15) is 11.6 Å². The van der Waals surface area contributed by atoms with E-state index in [1.807, 2.05) is 0 Å². The van der Waals surface area contributed by atoms with Crippen LogP contribution in [0.1, 0.15) is 0 Å². The molecule has 0 unspecified atom stereocenters. The van der Waals surface area contributed by atoms with Gasteiger partial charge in [-0.2, -0.15) is 0 Å². The van der Waals surface area contributed by atoms with Gasteiger partial charge in [-0.3, -0.25) is 0 Å². The highest BCUT2D eigenvalue weighted by atomic mass is 79.9. The third-order valence-corrected chi connectivity index (χ3v) is 2.53. The maximum Gasteiger partial charge on any atom is 0.238 e. The van der Waals surface area contributed by atoms with Gasteiger partial charge in [0.15, 0.2) is 5.15 Å². The van der Waals surface area contributed by atoms with Crippen molar-refractivity contribution < 1.29 is 9.13 Å². The van der Waals surface area contributed by atoms with Gasteiger partial charge in [-0.05, 0) is 40.2 Å². The fourth-order valence-corrected chi connectivity index (χ4v) is 1.48. The van der Waals surface area contributed by atoms with E-state index in [-0.39, 0.29) is 11.0 Å². The van der Waals surface area contributed by atoms with E-state index in [0.717, 1.165) is 0 Å². The van der Waals surface area contributed by atoms with E-state index in [4.69, 9.17) is 16.3 Å². The number of hydrogen-bond acceptors (Lipinski definition) is 3. The molecular weight excluding hydrogens is 298 g/mol. The van der Waals surface area contributed by atoms with Crippen molar-refractivity contribution in [3.63, 3.8) is 0 Å². The highest BCUT2D eigenvalue weighted by molar-refractivity contribution is 9.10. The number of hydrogen-bond donors (Lipinski definition) is 0. The molecule has 1 heterocycles. The van der Waals surface area contributed by atoms with Crippen LogP contribution in [-0.4, -0.2) is 10.2 Å². The molecule has 2 aromatic rings. The second-order valence-corrected chi connectivity index (χ2v) is 4.11. The highest BCUT2D eigenvalue weighted by Crippen LogP contribution is 2.25. The molecule has 0 aliphatic rings. The molecule has 0 aliphatic carbocycles. The first kappa shape index (κ1) is 11.3. The van der Waals surface area contributed by atoms with Crippen LogP contribution in [0.4, 0.5) is 4.39 Å². The topological polar surface area (TPSA) is 35.0 Å². The van der Waals surface area contributed by atoms with Crippen LogP contribution in [0.15, 0.2) is 34.8 Å². The molecule has 16 heavy (non-hydrogen) atoms. The third kappa shape index (κ3) is 2.68. The predicted octanol–water partition coefficient (Wildman–Crippen LogP) is 3.82. The molecule has 3 nitrogen and oxygen atoms in total. The summed E-state index contributed by atoms with van der Waals surface area (Å²) in [7, 11) is 0. The van der Waals surface area contributed by atoms with E-state index >= 15 is 0 Å². The Hall–Kier alpha value is -1.20. The summed E-state index contributed by atoms with van der Waals surface area (Å²) >= 11 is 8.63. The lowest BCUT2D eigenvalue weighted by Crippen LogP contribution is -1.90. The van der Waals surface area contributed by atoms with E-state index in [1.54, 1.807) is 12.1 Å². The minimum Gasteiger partial charge on any atom is -0.437 e. The van der Waals surface area contributed by atoms with Crippen LogP contribution in [0.25, 0.3) is 0 Å². The Bertz CT molecular complexity index is 507. The molecule has 6 heteroatoms. The molecule has 1 aromatic carbocycles. The summed E-state index contributed by atoms with van der Waals surface area (Å²) in [5.74, 6) is 0.405. The lowest BCUT2D eigenvalue weighted by Gasteiger charge is -2.04. The summed E-state index contributed by atoms with van der Waals surface area (Å²) < 4.78 is 18.6. The van der Waals surface area contributed by atoms with E-state index in [2.05, 4.69) is 26.1 Å². The highest BCUT2D eigenvalue weighted by Gasteiger charge is 2.03. The number of nitrogens with zero attached hydrogens (tertiary/aromatic N) is 2. The van der Waals surface area contributed by atoms with Crippen molar-refractivity contribution in [1.82, 2.24) is 10.2 Å². The first-order valence-corrected chi connectivity index (χ1v) is 5.44.